The lowest BCUT2D eigenvalue weighted by Crippen LogP contribution is -2.49. The normalized spacial score (nSPS) is 11.4. The number of H-pyrrole nitrogens is 1. The summed E-state index contributed by atoms with van der Waals surface area (Å²) >= 11 is 0. The molecule has 0 aliphatic rings. The Hall–Kier alpha value is -3.55. The van der Waals surface area contributed by atoms with E-state index >= 15 is 0 Å². The van der Waals surface area contributed by atoms with Crippen LogP contribution in [0.1, 0.15) is 5.56 Å². The number of benzene rings is 1. The van der Waals surface area contributed by atoms with Gasteiger partial charge in [0, 0.05) is 36.6 Å². The molecule has 3 amide bonds. The van der Waals surface area contributed by atoms with Gasteiger partial charge in [0.1, 0.15) is 6.04 Å². The van der Waals surface area contributed by atoms with E-state index in [-0.39, 0.29) is 18.9 Å². The van der Waals surface area contributed by atoms with Gasteiger partial charge in [0.25, 0.3) is 0 Å². The van der Waals surface area contributed by atoms with E-state index < -0.39 is 18.0 Å². The van der Waals surface area contributed by atoms with Crippen LogP contribution in [0.3, 0.4) is 0 Å². The van der Waals surface area contributed by atoms with E-state index in [1.54, 1.807) is 18.3 Å². The van der Waals surface area contributed by atoms with Crippen LogP contribution in [0.4, 0.5) is 4.79 Å². The fraction of sp³-hybridized carbons (Fsp3) is 0.250. The van der Waals surface area contributed by atoms with E-state index in [0.29, 0.717) is 13.1 Å². The third kappa shape index (κ3) is 5.47. The molecular formula is C20H24N4O4. The number of fused-ring (bicyclic) bond motifs is 1. The predicted octanol–water partition coefficient (Wildman–Crippen LogP) is 1.66. The number of urea groups is 1. The highest BCUT2D eigenvalue weighted by Gasteiger charge is 2.22. The summed E-state index contributed by atoms with van der Waals surface area (Å²) in [5.41, 5.74) is 1.67. The molecule has 8 heteroatoms. The number of hydrogen-bond acceptors (Lipinski definition) is 3. The van der Waals surface area contributed by atoms with E-state index in [9.17, 15) is 19.5 Å². The van der Waals surface area contributed by atoms with Crippen molar-refractivity contribution in [3.8, 4) is 0 Å². The molecule has 2 rings (SSSR count). The summed E-state index contributed by atoms with van der Waals surface area (Å²) in [5.74, 6) is -1.48. The van der Waals surface area contributed by atoms with Crippen LogP contribution in [-0.2, 0) is 16.0 Å². The van der Waals surface area contributed by atoms with Gasteiger partial charge in [-0.3, -0.25) is 4.79 Å². The standard InChI is InChI=1S/C20H24N4O4/c1-3-9-24(10-4-2)18(25)13-22-20(28)23-17(19(26)27)11-14-12-21-16-8-6-5-7-15(14)16/h3-8,12,17,21H,1-2,9-11,13H2,(H,26,27)(H2,22,23,28). The highest BCUT2D eigenvalue weighted by atomic mass is 16.4. The highest BCUT2D eigenvalue weighted by molar-refractivity contribution is 5.88. The van der Waals surface area contributed by atoms with Crippen molar-refractivity contribution in [1.29, 1.82) is 0 Å². The minimum Gasteiger partial charge on any atom is -0.480 e. The van der Waals surface area contributed by atoms with Crippen molar-refractivity contribution < 1.29 is 19.5 Å². The zero-order chi connectivity index (χ0) is 20.5. The quantitative estimate of drug-likeness (QED) is 0.466. The molecule has 0 saturated carbocycles. The number of carbonyl (C=O) groups is 3. The van der Waals surface area contributed by atoms with E-state index in [2.05, 4.69) is 28.8 Å². The molecule has 2 aromatic rings. The molecule has 0 saturated heterocycles. The topological polar surface area (TPSA) is 115 Å². The van der Waals surface area contributed by atoms with Crippen LogP contribution in [0.15, 0.2) is 55.8 Å². The summed E-state index contributed by atoms with van der Waals surface area (Å²) in [5, 5.41) is 15.2. The molecule has 0 spiro atoms. The fourth-order valence-corrected chi connectivity index (χ4v) is 2.79. The second-order valence-electron chi connectivity index (χ2n) is 6.16. The number of para-hydroxylation sites is 1. The van der Waals surface area contributed by atoms with Crippen LogP contribution in [0.25, 0.3) is 10.9 Å². The Kier molecular flexibility index (Phi) is 7.38. The molecule has 4 N–H and O–H groups in total. The average molecular weight is 384 g/mol. The van der Waals surface area contributed by atoms with Crippen molar-refractivity contribution >= 4 is 28.8 Å². The van der Waals surface area contributed by atoms with Gasteiger partial charge >= 0.3 is 12.0 Å². The lowest BCUT2D eigenvalue weighted by molar-refractivity contribution is -0.139. The molecule has 0 bridgehead atoms. The molecule has 8 nitrogen and oxygen atoms in total. The molecule has 1 aromatic carbocycles. The number of aromatic amines is 1. The van der Waals surface area contributed by atoms with Crippen LogP contribution in [0, 0.1) is 0 Å². The molecule has 28 heavy (non-hydrogen) atoms. The number of hydrogen-bond donors (Lipinski definition) is 4. The van der Waals surface area contributed by atoms with Crippen molar-refractivity contribution in [3.05, 3.63) is 61.3 Å². The molecule has 0 radical (unpaired) electrons. The van der Waals surface area contributed by atoms with Crippen LogP contribution < -0.4 is 10.6 Å². The van der Waals surface area contributed by atoms with Gasteiger partial charge in [0.05, 0.1) is 6.54 Å². The van der Waals surface area contributed by atoms with Gasteiger partial charge in [0.15, 0.2) is 0 Å². The first kappa shape index (κ1) is 20.8. The van der Waals surface area contributed by atoms with Gasteiger partial charge in [0.2, 0.25) is 5.91 Å². The second-order valence-corrected chi connectivity index (χ2v) is 6.16. The maximum atomic E-state index is 12.1. The Balaban J connectivity index is 1.95. The molecular weight excluding hydrogens is 360 g/mol. The van der Waals surface area contributed by atoms with Gasteiger partial charge in [-0.15, -0.1) is 13.2 Å². The number of nitrogens with one attached hydrogen (secondary N) is 3. The van der Waals surface area contributed by atoms with Crippen molar-refractivity contribution in [1.82, 2.24) is 20.5 Å². The maximum absolute atomic E-state index is 12.1. The summed E-state index contributed by atoms with van der Waals surface area (Å²) in [6.45, 7) is 7.56. The molecule has 148 valence electrons. The number of nitrogens with zero attached hydrogens (tertiary/aromatic N) is 1. The van der Waals surface area contributed by atoms with Gasteiger partial charge in [-0.25, -0.2) is 9.59 Å². The Morgan fingerprint density at radius 2 is 1.86 bits per heavy atom. The molecule has 0 aliphatic heterocycles. The van der Waals surface area contributed by atoms with Gasteiger partial charge in [-0.1, -0.05) is 30.4 Å². The fourth-order valence-electron chi connectivity index (χ4n) is 2.79. The summed E-state index contributed by atoms with van der Waals surface area (Å²) in [6.07, 6.45) is 4.98. The molecule has 1 aromatic heterocycles. The molecule has 1 unspecified atom stereocenters. The number of carboxylic acids is 1. The van der Waals surface area contributed by atoms with Crippen molar-refractivity contribution in [2.75, 3.05) is 19.6 Å². The zero-order valence-corrected chi connectivity index (χ0v) is 15.5. The van der Waals surface area contributed by atoms with Crippen molar-refractivity contribution in [2.45, 2.75) is 12.5 Å². The number of carbonyl (C=O) groups excluding carboxylic acids is 2. The average Bonchev–Trinajstić information content (AvgIpc) is 3.08. The summed E-state index contributed by atoms with van der Waals surface area (Å²) < 4.78 is 0. The van der Waals surface area contributed by atoms with Gasteiger partial charge in [-0.2, -0.15) is 0 Å². The molecule has 1 heterocycles. The SMILES string of the molecule is C=CCN(CC=C)C(=O)CNC(=O)NC(Cc1c[nH]c2ccccc12)C(=O)O. The Morgan fingerprint density at radius 3 is 2.50 bits per heavy atom. The predicted molar refractivity (Wildman–Crippen MR) is 107 cm³/mol. The van der Waals surface area contributed by atoms with Crippen LogP contribution in [0.2, 0.25) is 0 Å². The van der Waals surface area contributed by atoms with Gasteiger partial charge < -0.3 is 25.6 Å². The second kappa shape index (κ2) is 9.96. The molecule has 0 aliphatic carbocycles. The number of amides is 3. The first-order chi connectivity index (χ1) is 13.5. The monoisotopic (exact) mass is 384 g/mol. The first-order valence-corrected chi connectivity index (χ1v) is 8.78. The summed E-state index contributed by atoms with van der Waals surface area (Å²) in [6, 6.07) is 5.65. The highest BCUT2D eigenvalue weighted by Crippen LogP contribution is 2.19. The smallest absolute Gasteiger partial charge is 0.326 e. The summed E-state index contributed by atoms with van der Waals surface area (Å²) in [4.78, 5) is 40.3. The third-order valence-corrected chi connectivity index (χ3v) is 4.15. The lowest BCUT2D eigenvalue weighted by Gasteiger charge is -2.20. The Labute approximate surface area is 162 Å². The molecule has 1 atom stereocenters. The number of aliphatic carboxylic acids is 1. The maximum Gasteiger partial charge on any atom is 0.326 e. The minimum atomic E-state index is -1.16. The number of rotatable bonds is 10. The first-order valence-electron chi connectivity index (χ1n) is 8.78. The van der Waals surface area contributed by atoms with Crippen LogP contribution in [-0.4, -0.2) is 58.6 Å². The third-order valence-electron chi connectivity index (χ3n) is 4.15. The van der Waals surface area contributed by atoms with E-state index in [4.69, 9.17) is 0 Å². The summed E-state index contributed by atoms with van der Waals surface area (Å²) in [7, 11) is 0. The van der Waals surface area contributed by atoms with Gasteiger partial charge in [-0.05, 0) is 11.6 Å². The number of aromatic nitrogens is 1. The minimum absolute atomic E-state index is 0.111. The van der Waals surface area contributed by atoms with E-state index in [1.165, 1.54) is 4.90 Å². The number of carboxylic acid groups (broad SMARTS) is 1. The zero-order valence-electron chi connectivity index (χ0n) is 15.5. The van der Waals surface area contributed by atoms with Crippen molar-refractivity contribution in [3.63, 3.8) is 0 Å². The Morgan fingerprint density at radius 1 is 1.18 bits per heavy atom. The van der Waals surface area contributed by atoms with Crippen LogP contribution >= 0.6 is 0 Å². The van der Waals surface area contributed by atoms with Crippen LogP contribution in [0.5, 0.6) is 0 Å². The largest absolute Gasteiger partial charge is 0.480 e. The van der Waals surface area contributed by atoms with E-state index in [0.717, 1.165) is 16.5 Å². The van der Waals surface area contributed by atoms with Crippen molar-refractivity contribution in [2.24, 2.45) is 0 Å². The van der Waals surface area contributed by atoms with E-state index in [1.807, 2.05) is 24.3 Å². The molecule has 0 fully saturated rings. The lowest BCUT2D eigenvalue weighted by atomic mass is 10.1. The Bertz CT molecular complexity index is 864.